The first-order chi connectivity index (χ1) is 11.2. The summed E-state index contributed by atoms with van der Waals surface area (Å²) in [5, 5.41) is 0. The summed E-state index contributed by atoms with van der Waals surface area (Å²) in [6, 6.07) is 21.8. The first kappa shape index (κ1) is 15.8. The quantitative estimate of drug-likeness (QED) is 0.566. The molecule has 2 aromatic carbocycles. The first-order valence-electron chi connectivity index (χ1n) is 7.88. The van der Waals surface area contributed by atoms with Gasteiger partial charge in [-0.05, 0) is 60.4 Å². The van der Waals surface area contributed by atoms with Crippen LogP contribution in [0.2, 0.25) is 0 Å². The average molecular weight is 319 g/mol. The molecule has 0 radical (unpaired) electrons. The molecule has 2 heteroatoms. The average Bonchev–Trinajstić information content (AvgIpc) is 2.56. The monoisotopic (exact) mass is 319 g/mol. The SMILES string of the molecule is Cc1cc(C)cc(SCC(c2ccccc2)c2ccncc2)c1. The normalized spacial score (nSPS) is 12.1. The number of hydrogen-bond donors (Lipinski definition) is 0. The molecule has 0 saturated carbocycles. The van der Waals surface area contributed by atoms with Gasteiger partial charge in [0.15, 0.2) is 0 Å². The highest BCUT2D eigenvalue weighted by Crippen LogP contribution is 2.32. The summed E-state index contributed by atoms with van der Waals surface area (Å²) in [7, 11) is 0. The van der Waals surface area contributed by atoms with Crippen LogP contribution in [-0.2, 0) is 0 Å². The first-order valence-corrected chi connectivity index (χ1v) is 8.87. The van der Waals surface area contributed by atoms with Gasteiger partial charge in [0.1, 0.15) is 0 Å². The number of nitrogens with zero attached hydrogens (tertiary/aromatic N) is 1. The molecule has 0 bridgehead atoms. The predicted octanol–water partition coefficient (Wildman–Crippen LogP) is 5.62. The summed E-state index contributed by atoms with van der Waals surface area (Å²) in [4.78, 5) is 5.50. The van der Waals surface area contributed by atoms with Gasteiger partial charge in [-0.3, -0.25) is 4.98 Å². The lowest BCUT2D eigenvalue weighted by Crippen LogP contribution is -2.04. The number of thioether (sulfide) groups is 1. The van der Waals surface area contributed by atoms with E-state index in [2.05, 4.69) is 79.5 Å². The molecule has 3 rings (SSSR count). The Balaban J connectivity index is 1.85. The van der Waals surface area contributed by atoms with Crippen molar-refractivity contribution in [1.29, 1.82) is 0 Å². The lowest BCUT2D eigenvalue weighted by atomic mass is 9.94. The van der Waals surface area contributed by atoms with Gasteiger partial charge in [0.25, 0.3) is 0 Å². The smallest absolute Gasteiger partial charge is 0.0270 e. The highest BCUT2D eigenvalue weighted by atomic mass is 32.2. The molecule has 1 unspecified atom stereocenters. The highest BCUT2D eigenvalue weighted by molar-refractivity contribution is 7.99. The van der Waals surface area contributed by atoms with E-state index in [9.17, 15) is 0 Å². The maximum atomic E-state index is 4.16. The van der Waals surface area contributed by atoms with Crippen LogP contribution in [0, 0.1) is 13.8 Å². The Kier molecular flexibility index (Phi) is 5.14. The Morgan fingerprint density at radius 2 is 1.43 bits per heavy atom. The number of rotatable bonds is 5. The van der Waals surface area contributed by atoms with E-state index >= 15 is 0 Å². The third kappa shape index (κ3) is 4.23. The molecule has 3 aromatic rings. The fourth-order valence-electron chi connectivity index (χ4n) is 2.86. The molecule has 1 heterocycles. The van der Waals surface area contributed by atoms with Gasteiger partial charge in [-0.1, -0.05) is 36.4 Å². The number of aromatic nitrogens is 1. The van der Waals surface area contributed by atoms with Gasteiger partial charge in [0.2, 0.25) is 0 Å². The molecule has 0 amide bonds. The number of hydrogen-bond acceptors (Lipinski definition) is 2. The lowest BCUT2D eigenvalue weighted by molar-refractivity contribution is 0.930. The molecule has 0 saturated heterocycles. The molecule has 0 aliphatic carbocycles. The Labute approximate surface area is 142 Å². The predicted molar refractivity (Wildman–Crippen MR) is 99.2 cm³/mol. The molecule has 23 heavy (non-hydrogen) atoms. The van der Waals surface area contributed by atoms with Crippen LogP contribution in [-0.4, -0.2) is 10.7 Å². The second-order valence-electron chi connectivity index (χ2n) is 5.88. The van der Waals surface area contributed by atoms with Crippen molar-refractivity contribution in [2.24, 2.45) is 0 Å². The standard InChI is InChI=1S/C21H21NS/c1-16-12-17(2)14-20(13-16)23-15-21(18-6-4-3-5-7-18)19-8-10-22-11-9-19/h3-14,21H,15H2,1-2H3. The van der Waals surface area contributed by atoms with Crippen LogP contribution in [0.15, 0.2) is 78.0 Å². The minimum absolute atomic E-state index is 0.380. The van der Waals surface area contributed by atoms with Crippen molar-refractivity contribution < 1.29 is 0 Å². The van der Waals surface area contributed by atoms with Crippen LogP contribution in [0.25, 0.3) is 0 Å². The van der Waals surface area contributed by atoms with E-state index in [4.69, 9.17) is 0 Å². The van der Waals surface area contributed by atoms with Crippen molar-refractivity contribution in [2.45, 2.75) is 24.7 Å². The Bertz CT molecular complexity index is 694. The Hall–Kier alpha value is -2.06. The zero-order valence-electron chi connectivity index (χ0n) is 13.6. The maximum Gasteiger partial charge on any atom is 0.0270 e. The van der Waals surface area contributed by atoms with Crippen LogP contribution in [0.5, 0.6) is 0 Å². The van der Waals surface area contributed by atoms with E-state index < -0.39 is 0 Å². The summed E-state index contributed by atoms with van der Waals surface area (Å²) < 4.78 is 0. The van der Waals surface area contributed by atoms with Crippen molar-refractivity contribution in [1.82, 2.24) is 4.98 Å². The molecular weight excluding hydrogens is 298 g/mol. The van der Waals surface area contributed by atoms with E-state index in [1.807, 2.05) is 24.2 Å². The van der Waals surface area contributed by atoms with Crippen LogP contribution in [0.3, 0.4) is 0 Å². The van der Waals surface area contributed by atoms with Crippen molar-refractivity contribution in [3.05, 3.63) is 95.3 Å². The molecule has 1 atom stereocenters. The molecule has 0 N–H and O–H groups in total. The van der Waals surface area contributed by atoms with Crippen LogP contribution < -0.4 is 0 Å². The fourth-order valence-corrected chi connectivity index (χ4v) is 4.14. The van der Waals surface area contributed by atoms with E-state index in [0.717, 1.165) is 5.75 Å². The van der Waals surface area contributed by atoms with Gasteiger partial charge in [-0.2, -0.15) is 0 Å². The molecule has 1 aromatic heterocycles. The Morgan fingerprint density at radius 3 is 2.09 bits per heavy atom. The maximum absolute atomic E-state index is 4.16. The zero-order chi connectivity index (χ0) is 16.1. The highest BCUT2D eigenvalue weighted by Gasteiger charge is 2.14. The second-order valence-corrected chi connectivity index (χ2v) is 6.97. The number of benzene rings is 2. The minimum Gasteiger partial charge on any atom is -0.265 e. The summed E-state index contributed by atoms with van der Waals surface area (Å²) >= 11 is 1.93. The van der Waals surface area contributed by atoms with Gasteiger partial charge in [-0.15, -0.1) is 11.8 Å². The van der Waals surface area contributed by atoms with Gasteiger partial charge in [0, 0.05) is 29.0 Å². The van der Waals surface area contributed by atoms with Crippen molar-refractivity contribution >= 4 is 11.8 Å². The molecule has 1 nitrogen and oxygen atoms in total. The molecule has 0 fully saturated rings. The van der Waals surface area contributed by atoms with E-state index in [0.29, 0.717) is 5.92 Å². The Morgan fingerprint density at radius 1 is 0.826 bits per heavy atom. The topological polar surface area (TPSA) is 12.9 Å². The summed E-state index contributed by atoms with van der Waals surface area (Å²) in [5.74, 6) is 1.40. The zero-order valence-corrected chi connectivity index (χ0v) is 14.4. The third-order valence-electron chi connectivity index (χ3n) is 3.92. The third-order valence-corrected chi connectivity index (χ3v) is 4.99. The van der Waals surface area contributed by atoms with E-state index in [1.54, 1.807) is 0 Å². The fraction of sp³-hybridized carbons (Fsp3) is 0.190. The lowest BCUT2D eigenvalue weighted by Gasteiger charge is -2.18. The van der Waals surface area contributed by atoms with Crippen LogP contribution >= 0.6 is 11.8 Å². The molecule has 0 aliphatic rings. The van der Waals surface area contributed by atoms with E-state index in [1.165, 1.54) is 27.1 Å². The van der Waals surface area contributed by atoms with Crippen LogP contribution in [0.1, 0.15) is 28.2 Å². The summed E-state index contributed by atoms with van der Waals surface area (Å²) in [6.07, 6.45) is 3.76. The number of pyridine rings is 1. The summed E-state index contributed by atoms with van der Waals surface area (Å²) in [5.41, 5.74) is 5.33. The van der Waals surface area contributed by atoms with Crippen molar-refractivity contribution in [3.63, 3.8) is 0 Å². The molecule has 116 valence electrons. The van der Waals surface area contributed by atoms with Gasteiger partial charge < -0.3 is 0 Å². The molecular formula is C21H21NS. The second kappa shape index (κ2) is 7.47. The summed E-state index contributed by atoms with van der Waals surface area (Å²) in [6.45, 7) is 4.32. The van der Waals surface area contributed by atoms with Crippen molar-refractivity contribution in [3.8, 4) is 0 Å². The van der Waals surface area contributed by atoms with Crippen LogP contribution in [0.4, 0.5) is 0 Å². The molecule has 0 spiro atoms. The minimum atomic E-state index is 0.380. The van der Waals surface area contributed by atoms with Gasteiger partial charge in [0.05, 0.1) is 0 Å². The van der Waals surface area contributed by atoms with Crippen molar-refractivity contribution in [2.75, 3.05) is 5.75 Å². The van der Waals surface area contributed by atoms with E-state index in [-0.39, 0.29) is 0 Å². The number of aryl methyl sites for hydroxylation is 2. The largest absolute Gasteiger partial charge is 0.265 e. The molecule has 0 aliphatic heterocycles. The van der Waals surface area contributed by atoms with Gasteiger partial charge in [-0.25, -0.2) is 0 Å². The van der Waals surface area contributed by atoms with Gasteiger partial charge >= 0.3 is 0 Å².